The molecule has 0 saturated carbocycles. The number of aryl methyl sites for hydroxylation is 3. The molecule has 7 nitrogen and oxygen atoms in total. The molecule has 0 unspecified atom stereocenters. The molecular weight excluding hydrogens is 426 g/mol. The van der Waals surface area contributed by atoms with Crippen LogP contribution < -0.4 is 10.6 Å². The molecule has 0 aromatic heterocycles. The number of carbonyl (C=O) groups is 2. The third kappa shape index (κ3) is 5.37. The first-order chi connectivity index (χ1) is 15.2. The number of nitrogens with one attached hydrogen (secondary N) is 2. The molecule has 2 aromatic carbocycles. The Balaban J connectivity index is 1.56. The molecule has 3 rings (SSSR count). The van der Waals surface area contributed by atoms with Gasteiger partial charge in [-0.3, -0.25) is 9.59 Å². The highest BCUT2D eigenvalue weighted by Gasteiger charge is 2.40. The predicted molar refractivity (Wildman–Crippen MR) is 124 cm³/mol. The monoisotopic (exact) mass is 457 g/mol. The van der Waals surface area contributed by atoms with Crippen molar-refractivity contribution in [3.63, 3.8) is 0 Å². The molecule has 8 heteroatoms. The fourth-order valence-electron chi connectivity index (χ4n) is 4.29. The summed E-state index contributed by atoms with van der Waals surface area (Å²) in [4.78, 5) is 25.1. The first kappa shape index (κ1) is 23.9. The van der Waals surface area contributed by atoms with Gasteiger partial charge in [0.25, 0.3) is 5.91 Å². The van der Waals surface area contributed by atoms with Gasteiger partial charge in [0.2, 0.25) is 15.9 Å². The molecule has 0 radical (unpaired) electrons. The molecule has 2 amide bonds. The van der Waals surface area contributed by atoms with Gasteiger partial charge >= 0.3 is 0 Å². The Morgan fingerprint density at radius 3 is 2.28 bits per heavy atom. The lowest BCUT2D eigenvalue weighted by Crippen LogP contribution is -2.46. The highest BCUT2D eigenvalue weighted by atomic mass is 32.2. The van der Waals surface area contributed by atoms with E-state index in [1.807, 2.05) is 25.1 Å². The van der Waals surface area contributed by atoms with Gasteiger partial charge in [-0.15, -0.1) is 0 Å². The van der Waals surface area contributed by atoms with E-state index in [9.17, 15) is 18.0 Å². The molecule has 0 bridgehead atoms. The van der Waals surface area contributed by atoms with E-state index >= 15 is 0 Å². The molecule has 0 spiro atoms. The first-order valence-corrected chi connectivity index (χ1v) is 12.4. The maximum atomic E-state index is 13.4. The number of hydrogen-bond donors (Lipinski definition) is 2. The van der Waals surface area contributed by atoms with Crippen molar-refractivity contribution in [3.05, 3.63) is 64.7 Å². The number of nitrogens with zero attached hydrogens (tertiary/aromatic N) is 1. The molecule has 0 aliphatic carbocycles. The van der Waals surface area contributed by atoms with Gasteiger partial charge in [0, 0.05) is 25.2 Å². The number of carbonyl (C=O) groups excluding carboxylic acids is 2. The van der Waals surface area contributed by atoms with Gasteiger partial charge < -0.3 is 10.6 Å². The van der Waals surface area contributed by atoms with Gasteiger partial charge in [0.1, 0.15) is 6.04 Å². The average Bonchev–Trinajstić information content (AvgIpc) is 3.24. The summed E-state index contributed by atoms with van der Waals surface area (Å²) < 4.78 is 28.1. The second-order valence-electron chi connectivity index (χ2n) is 8.27. The van der Waals surface area contributed by atoms with Crippen LogP contribution in [-0.4, -0.2) is 50.2 Å². The van der Waals surface area contributed by atoms with Crippen molar-refractivity contribution in [2.75, 3.05) is 19.6 Å². The number of amides is 2. The van der Waals surface area contributed by atoms with E-state index < -0.39 is 16.1 Å². The maximum absolute atomic E-state index is 13.4. The Kier molecular flexibility index (Phi) is 7.69. The van der Waals surface area contributed by atoms with E-state index in [-0.39, 0.29) is 11.8 Å². The summed E-state index contributed by atoms with van der Waals surface area (Å²) in [6, 6.07) is 11.9. The van der Waals surface area contributed by atoms with Crippen molar-refractivity contribution >= 4 is 21.8 Å². The summed E-state index contributed by atoms with van der Waals surface area (Å²) in [7, 11) is -3.77. The number of rotatable bonds is 8. The van der Waals surface area contributed by atoms with E-state index in [1.165, 1.54) is 4.31 Å². The lowest BCUT2D eigenvalue weighted by Gasteiger charge is -2.25. The average molecular weight is 458 g/mol. The largest absolute Gasteiger partial charge is 0.355 e. The zero-order valence-electron chi connectivity index (χ0n) is 18.8. The molecule has 1 atom stereocenters. The van der Waals surface area contributed by atoms with Crippen LogP contribution in [0.4, 0.5) is 0 Å². The summed E-state index contributed by atoms with van der Waals surface area (Å²) in [5.41, 5.74) is 2.99. The molecule has 1 aliphatic heterocycles. The molecule has 1 fully saturated rings. The third-order valence-electron chi connectivity index (χ3n) is 5.65. The zero-order chi connectivity index (χ0) is 23.3. The number of benzene rings is 2. The van der Waals surface area contributed by atoms with Crippen molar-refractivity contribution in [2.45, 2.75) is 51.0 Å². The van der Waals surface area contributed by atoms with Gasteiger partial charge in [-0.1, -0.05) is 35.9 Å². The molecule has 2 N–H and O–H groups in total. The molecule has 1 saturated heterocycles. The Hall–Kier alpha value is -2.71. The van der Waals surface area contributed by atoms with E-state index in [2.05, 4.69) is 10.6 Å². The van der Waals surface area contributed by atoms with Crippen LogP contribution >= 0.6 is 0 Å². The van der Waals surface area contributed by atoms with Crippen molar-refractivity contribution < 1.29 is 18.0 Å². The highest BCUT2D eigenvalue weighted by Crippen LogP contribution is 2.30. The summed E-state index contributed by atoms with van der Waals surface area (Å²) in [6.45, 7) is 6.64. The molecule has 1 aliphatic rings. The van der Waals surface area contributed by atoms with Crippen LogP contribution in [0.5, 0.6) is 0 Å². The van der Waals surface area contributed by atoms with Gasteiger partial charge in [-0.05, 0) is 63.3 Å². The maximum Gasteiger partial charge on any atom is 0.251 e. The van der Waals surface area contributed by atoms with E-state index in [0.717, 1.165) is 5.56 Å². The minimum atomic E-state index is -3.77. The SMILES string of the molecule is Cc1cc(C)c(S(=O)(=O)N2CCC[C@@H]2C(=O)NCCCNC(=O)c2ccccc2)c(C)c1. The normalized spacial score (nSPS) is 16.7. The van der Waals surface area contributed by atoms with Crippen molar-refractivity contribution in [1.82, 2.24) is 14.9 Å². The third-order valence-corrected chi connectivity index (χ3v) is 7.87. The van der Waals surface area contributed by atoms with Crippen LogP contribution in [-0.2, 0) is 14.8 Å². The van der Waals surface area contributed by atoms with E-state index in [1.54, 1.807) is 38.1 Å². The summed E-state index contributed by atoms with van der Waals surface area (Å²) in [5, 5.41) is 5.65. The fourth-order valence-corrected chi connectivity index (χ4v) is 6.36. The number of hydrogen-bond acceptors (Lipinski definition) is 4. The van der Waals surface area contributed by atoms with Crippen molar-refractivity contribution in [3.8, 4) is 0 Å². The minimum Gasteiger partial charge on any atom is -0.355 e. The predicted octanol–water partition coefficient (Wildman–Crippen LogP) is 2.70. The van der Waals surface area contributed by atoms with Crippen LogP contribution in [0.3, 0.4) is 0 Å². The van der Waals surface area contributed by atoms with Gasteiger partial charge in [-0.25, -0.2) is 8.42 Å². The van der Waals surface area contributed by atoms with Gasteiger partial charge in [-0.2, -0.15) is 4.31 Å². The Labute approximate surface area is 190 Å². The Morgan fingerprint density at radius 1 is 1.00 bits per heavy atom. The minimum absolute atomic E-state index is 0.158. The quantitative estimate of drug-likeness (QED) is 0.596. The van der Waals surface area contributed by atoms with E-state index in [4.69, 9.17) is 0 Å². The highest BCUT2D eigenvalue weighted by molar-refractivity contribution is 7.89. The van der Waals surface area contributed by atoms with Crippen LogP contribution in [0, 0.1) is 20.8 Å². The van der Waals surface area contributed by atoms with Gasteiger partial charge in [0.15, 0.2) is 0 Å². The summed E-state index contributed by atoms with van der Waals surface area (Å²) in [5.74, 6) is -0.447. The van der Waals surface area contributed by atoms with Crippen molar-refractivity contribution in [1.29, 1.82) is 0 Å². The summed E-state index contributed by atoms with van der Waals surface area (Å²) >= 11 is 0. The number of sulfonamides is 1. The molecule has 32 heavy (non-hydrogen) atoms. The fraction of sp³-hybridized carbons (Fsp3) is 0.417. The molecule has 1 heterocycles. The van der Waals surface area contributed by atoms with Crippen molar-refractivity contribution in [2.24, 2.45) is 0 Å². The molecular formula is C24H31N3O4S. The van der Waals surface area contributed by atoms with Crippen LogP contribution in [0.15, 0.2) is 47.4 Å². The standard InChI is InChI=1S/C24H31N3O4S/c1-17-15-18(2)22(19(3)16-17)32(30,31)27-14-7-11-21(27)24(29)26-13-8-12-25-23(28)20-9-5-4-6-10-20/h4-6,9-10,15-16,21H,7-8,11-14H2,1-3H3,(H,25,28)(H,26,29)/t21-/m1/s1. The zero-order valence-corrected chi connectivity index (χ0v) is 19.7. The topological polar surface area (TPSA) is 95.6 Å². The van der Waals surface area contributed by atoms with Gasteiger partial charge in [0.05, 0.1) is 4.90 Å². The first-order valence-electron chi connectivity index (χ1n) is 10.9. The molecule has 172 valence electrons. The summed E-state index contributed by atoms with van der Waals surface area (Å²) in [6.07, 6.45) is 1.70. The second kappa shape index (κ2) is 10.3. The Bertz CT molecular complexity index is 1060. The van der Waals surface area contributed by atoms with Crippen LogP contribution in [0.25, 0.3) is 0 Å². The van der Waals surface area contributed by atoms with Crippen LogP contribution in [0.2, 0.25) is 0 Å². The van der Waals surface area contributed by atoms with E-state index in [0.29, 0.717) is 60.5 Å². The lowest BCUT2D eigenvalue weighted by atomic mass is 10.1. The smallest absolute Gasteiger partial charge is 0.251 e. The molecule has 2 aromatic rings. The Morgan fingerprint density at radius 2 is 1.62 bits per heavy atom. The lowest BCUT2D eigenvalue weighted by molar-refractivity contribution is -0.124. The second-order valence-corrected chi connectivity index (χ2v) is 10.1. The van der Waals surface area contributed by atoms with Crippen LogP contribution in [0.1, 0.15) is 46.3 Å².